The number of thiocarbonyl (C=S) groups is 1. The maximum Gasteiger partial charge on any atom is 0.0870 e. The van der Waals surface area contributed by atoms with E-state index in [1.807, 2.05) is 18.2 Å². The van der Waals surface area contributed by atoms with Crippen LogP contribution in [0.5, 0.6) is 0 Å². The van der Waals surface area contributed by atoms with E-state index in [1.165, 1.54) is 25.7 Å². The van der Waals surface area contributed by atoms with Crippen molar-refractivity contribution in [1.82, 2.24) is 4.90 Å². The first-order valence-electron chi connectivity index (χ1n) is 6.53. The molecular formula is C14H18Cl2N2S. The van der Waals surface area contributed by atoms with Crippen LogP contribution >= 0.6 is 35.4 Å². The average Bonchev–Trinajstić information content (AvgIpc) is 2.85. The van der Waals surface area contributed by atoms with E-state index in [2.05, 4.69) is 4.90 Å². The maximum absolute atomic E-state index is 6.24. The van der Waals surface area contributed by atoms with Crippen LogP contribution in [0, 0.1) is 0 Å². The van der Waals surface area contributed by atoms with Gasteiger partial charge in [0.15, 0.2) is 0 Å². The molecule has 0 unspecified atom stereocenters. The monoisotopic (exact) mass is 316 g/mol. The third kappa shape index (κ3) is 4.06. The summed E-state index contributed by atoms with van der Waals surface area (Å²) in [5.74, 6) is 0. The van der Waals surface area contributed by atoms with E-state index in [1.54, 1.807) is 0 Å². The molecule has 0 atom stereocenters. The molecule has 0 heterocycles. The molecule has 0 aromatic heterocycles. The highest BCUT2D eigenvalue weighted by atomic mass is 35.5. The Morgan fingerprint density at radius 3 is 2.37 bits per heavy atom. The number of hydrogen-bond donors (Lipinski definition) is 1. The van der Waals surface area contributed by atoms with Crippen molar-refractivity contribution < 1.29 is 0 Å². The van der Waals surface area contributed by atoms with Crippen LogP contribution in [0.25, 0.3) is 0 Å². The molecule has 0 spiro atoms. The van der Waals surface area contributed by atoms with Crippen molar-refractivity contribution in [3.63, 3.8) is 0 Å². The zero-order valence-electron chi connectivity index (χ0n) is 10.7. The number of nitrogens with two attached hydrogens (primary N) is 1. The van der Waals surface area contributed by atoms with Crippen molar-refractivity contribution >= 4 is 40.4 Å². The normalized spacial score (nSPS) is 16.2. The molecule has 2 N–H and O–H groups in total. The smallest absolute Gasteiger partial charge is 0.0870 e. The Balaban J connectivity index is 2.17. The van der Waals surface area contributed by atoms with Crippen molar-refractivity contribution in [3.05, 3.63) is 33.8 Å². The minimum absolute atomic E-state index is 0.523. The van der Waals surface area contributed by atoms with E-state index in [4.69, 9.17) is 41.2 Å². The van der Waals surface area contributed by atoms with Crippen LogP contribution in [0.3, 0.4) is 0 Å². The van der Waals surface area contributed by atoms with E-state index in [-0.39, 0.29) is 0 Å². The van der Waals surface area contributed by atoms with E-state index in [0.29, 0.717) is 34.2 Å². The van der Waals surface area contributed by atoms with Crippen LogP contribution < -0.4 is 5.73 Å². The summed E-state index contributed by atoms with van der Waals surface area (Å²) in [5, 5.41) is 1.41. The fourth-order valence-electron chi connectivity index (χ4n) is 2.67. The van der Waals surface area contributed by atoms with E-state index in [0.717, 1.165) is 5.56 Å². The third-order valence-corrected chi connectivity index (χ3v) is 4.46. The van der Waals surface area contributed by atoms with E-state index in [9.17, 15) is 0 Å². The number of rotatable bonds is 5. The summed E-state index contributed by atoms with van der Waals surface area (Å²) < 4.78 is 0. The standard InChI is InChI=1S/C14H18Cl2N2S/c15-12-6-3-7-13(16)11(12)8-18(9-14(17)19)10-4-1-2-5-10/h3,6-7,10H,1-2,4-5,8-9H2,(H2,17,19). The van der Waals surface area contributed by atoms with Gasteiger partial charge >= 0.3 is 0 Å². The Hall–Kier alpha value is -0.350. The minimum Gasteiger partial charge on any atom is -0.392 e. The van der Waals surface area contributed by atoms with Crippen LogP contribution in [0.4, 0.5) is 0 Å². The Morgan fingerprint density at radius 1 is 1.26 bits per heavy atom. The third-order valence-electron chi connectivity index (χ3n) is 3.62. The molecule has 1 aliphatic carbocycles. The average molecular weight is 317 g/mol. The molecule has 0 radical (unpaired) electrons. The first-order valence-corrected chi connectivity index (χ1v) is 7.69. The van der Waals surface area contributed by atoms with Gasteiger partial charge in [-0.05, 0) is 25.0 Å². The predicted octanol–water partition coefficient (Wildman–Crippen LogP) is 4.02. The molecule has 19 heavy (non-hydrogen) atoms. The molecule has 104 valence electrons. The van der Waals surface area contributed by atoms with Gasteiger partial charge in [0.2, 0.25) is 0 Å². The van der Waals surface area contributed by atoms with Crippen molar-refractivity contribution in [2.45, 2.75) is 38.3 Å². The van der Waals surface area contributed by atoms with Gasteiger partial charge in [0, 0.05) is 34.7 Å². The molecule has 1 aromatic rings. The SMILES string of the molecule is NC(=S)CN(Cc1c(Cl)cccc1Cl)C1CCCC1. The highest BCUT2D eigenvalue weighted by Crippen LogP contribution is 2.29. The molecule has 0 aliphatic heterocycles. The summed E-state index contributed by atoms with van der Waals surface area (Å²) >= 11 is 17.5. The zero-order valence-corrected chi connectivity index (χ0v) is 13.1. The van der Waals surface area contributed by atoms with Gasteiger partial charge < -0.3 is 5.73 Å². The van der Waals surface area contributed by atoms with Gasteiger partial charge in [0.25, 0.3) is 0 Å². The molecule has 5 heteroatoms. The Labute approximate surface area is 129 Å². The van der Waals surface area contributed by atoms with Gasteiger partial charge in [0.1, 0.15) is 0 Å². The second-order valence-electron chi connectivity index (χ2n) is 5.01. The van der Waals surface area contributed by atoms with E-state index >= 15 is 0 Å². The molecule has 0 saturated heterocycles. The fourth-order valence-corrected chi connectivity index (χ4v) is 3.35. The second-order valence-corrected chi connectivity index (χ2v) is 6.35. The molecule has 2 rings (SSSR count). The van der Waals surface area contributed by atoms with Crippen LogP contribution in [0.2, 0.25) is 10.0 Å². The van der Waals surface area contributed by atoms with Gasteiger partial charge in [-0.1, -0.05) is 54.3 Å². The van der Waals surface area contributed by atoms with Crippen LogP contribution in [0.15, 0.2) is 18.2 Å². The lowest BCUT2D eigenvalue weighted by Crippen LogP contribution is -2.39. The maximum atomic E-state index is 6.24. The van der Waals surface area contributed by atoms with Crippen LogP contribution in [-0.4, -0.2) is 22.5 Å². The van der Waals surface area contributed by atoms with Crippen LogP contribution in [0.1, 0.15) is 31.2 Å². The zero-order chi connectivity index (χ0) is 13.8. The minimum atomic E-state index is 0.523. The summed E-state index contributed by atoms with van der Waals surface area (Å²) in [6.45, 7) is 1.34. The second kappa shape index (κ2) is 6.89. The summed E-state index contributed by atoms with van der Waals surface area (Å²) in [6.07, 6.45) is 4.94. The van der Waals surface area contributed by atoms with Crippen molar-refractivity contribution in [2.75, 3.05) is 6.54 Å². The van der Waals surface area contributed by atoms with E-state index < -0.39 is 0 Å². The fraction of sp³-hybridized carbons (Fsp3) is 0.500. The predicted molar refractivity (Wildman–Crippen MR) is 85.9 cm³/mol. The Kier molecular flexibility index (Phi) is 5.46. The van der Waals surface area contributed by atoms with Gasteiger partial charge in [-0.25, -0.2) is 0 Å². The number of halogens is 2. The number of hydrogen-bond acceptors (Lipinski definition) is 2. The van der Waals surface area contributed by atoms with Crippen molar-refractivity contribution in [3.8, 4) is 0 Å². The number of benzene rings is 1. The Bertz CT molecular complexity index is 439. The topological polar surface area (TPSA) is 29.3 Å². The molecular weight excluding hydrogens is 299 g/mol. The largest absolute Gasteiger partial charge is 0.392 e. The van der Waals surface area contributed by atoms with Gasteiger partial charge in [-0.2, -0.15) is 0 Å². The quantitative estimate of drug-likeness (QED) is 0.832. The molecule has 2 nitrogen and oxygen atoms in total. The lowest BCUT2D eigenvalue weighted by molar-refractivity contribution is 0.219. The van der Waals surface area contributed by atoms with Gasteiger partial charge in [-0.3, -0.25) is 4.90 Å². The molecule has 0 amide bonds. The van der Waals surface area contributed by atoms with Gasteiger partial charge in [-0.15, -0.1) is 0 Å². The Morgan fingerprint density at radius 2 is 1.84 bits per heavy atom. The molecule has 0 bridgehead atoms. The first-order chi connectivity index (χ1) is 9.08. The first kappa shape index (κ1) is 15.0. The lowest BCUT2D eigenvalue weighted by Gasteiger charge is -2.29. The summed E-state index contributed by atoms with van der Waals surface area (Å²) in [4.78, 5) is 2.83. The van der Waals surface area contributed by atoms with Crippen molar-refractivity contribution in [2.24, 2.45) is 5.73 Å². The summed E-state index contributed by atoms with van der Waals surface area (Å²) in [7, 11) is 0. The molecule has 1 fully saturated rings. The highest BCUT2D eigenvalue weighted by Gasteiger charge is 2.24. The lowest BCUT2D eigenvalue weighted by atomic mass is 10.1. The number of nitrogens with zero attached hydrogens (tertiary/aromatic N) is 1. The molecule has 1 saturated carbocycles. The highest BCUT2D eigenvalue weighted by molar-refractivity contribution is 7.80. The molecule has 1 aromatic carbocycles. The summed E-state index contributed by atoms with van der Waals surface area (Å²) in [5.41, 5.74) is 6.68. The molecule has 1 aliphatic rings. The van der Waals surface area contributed by atoms with Crippen LogP contribution in [-0.2, 0) is 6.54 Å². The van der Waals surface area contributed by atoms with Gasteiger partial charge in [0.05, 0.1) is 4.99 Å². The summed E-state index contributed by atoms with van der Waals surface area (Å²) in [6, 6.07) is 6.14. The van der Waals surface area contributed by atoms with Crippen molar-refractivity contribution in [1.29, 1.82) is 0 Å².